The molecule has 1 atom stereocenters. The number of carbonyl (C=O) groups excluding carboxylic acids is 2. The maximum absolute atomic E-state index is 12.2. The van der Waals surface area contributed by atoms with Crippen molar-refractivity contribution in [2.24, 2.45) is 0 Å². The molecule has 1 N–H and O–H groups in total. The number of oxazole rings is 1. The summed E-state index contributed by atoms with van der Waals surface area (Å²) in [6.07, 6.45) is -0.583. The molecule has 1 aromatic heterocycles. The number of aromatic nitrogens is 1. The molecule has 8 nitrogen and oxygen atoms in total. The van der Waals surface area contributed by atoms with Gasteiger partial charge in [-0.25, -0.2) is 4.98 Å². The molecule has 0 spiro atoms. The van der Waals surface area contributed by atoms with E-state index in [4.69, 9.17) is 18.6 Å². The van der Waals surface area contributed by atoms with Gasteiger partial charge in [-0.2, -0.15) is 0 Å². The van der Waals surface area contributed by atoms with Crippen LogP contribution in [0.1, 0.15) is 19.2 Å². The summed E-state index contributed by atoms with van der Waals surface area (Å²) < 4.78 is 21.3. The maximum atomic E-state index is 12.2. The fraction of sp³-hybridized carbons (Fsp3) is 0.250. The number of amides is 1. The van der Waals surface area contributed by atoms with Gasteiger partial charge in [0.1, 0.15) is 5.52 Å². The monoisotopic (exact) mass is 382 g/mol. The Kier molecular flexibility index (Phi) is 4.84. The van der Waals surface area contributed by atoms with Gasteiger partial charge in [0.25, 0.3) is 5.91 Å². The lowest BCUT2D eigenvalue weighted by molar-refractivity contribution is -0.153. The molecule has 0 bridgehead atoms. The number of esters is 1. The van der Waals surface area contributed by atoms with Crippen LogP contribution in [0.3, 0.4) is 0 Å². The molecule has 1 amide bonds. The lowest BCUT2D eigenvalue weighted by Crippen LogP contribution is -2.30. The minimum atomic E-state index is -0.943. The Hall–Kier alpha value is -3.55. The molecule has 0 fully saturated rings. The van der Waals surface area contributed by atoms with Gasteiger partial charge in [-0.05, 0) is 31.2 Å². The van der Waals surface area contributed by atoms with E-state index in [1.807, 2.05) is 24.3 Å². The molecular formula is C20H18N2O6. The number of nitrogens with zero attached hydrogens (tertiary/aromatic N) is 1. The Morgan fingerprint density at radius 3 is 2.86 bits per heavy atom. The van der Waals surface area contributed by atoms with Crippen molar-refractivity contribution in [3.8, 4) is 11.5 Å². The zero-order valence-electron chi connectivity index (χ0n) is 15.1. The molecule has 2 heterocycles. The van der Waals surface area contributed by atoms with Crippen molar-refractivity contribution in [1.82, 2.24) is 4.98 Å². The second kappa shape index (κ2) is 7.59. The van der Waals surface area contributed by atoms with E-state index in [-0.39, 0.29) is 13.2 Å². The fourth-order valence-electron chi connectivity index (χ4n) is 2.76. The molecule has 3 aromatic rings. The number of hydrogen-bond acceptors (Lipinski definition) is 7. The molecule has 1 aliphatic rings. The number of anilines is 1. The smallest absolute Gasteiger partial charge is 0.307 e. The average molecular weight is 382 g/mol. The topological polar surface area (TPSA) is 99.9 Å². The van der Waals surface area contributed by atoms with Crippen molar-refractivity contribution in [2.75, 3.05) is 12.1 Å². The van der Waals surface area contributed by atoms with E-state index in [9.17, 15) is 9.59 Å². The zero-order chi connectivity index (χ0) is 19.5. The van der Waals surface area contributed by atoms with Crippen molar-refractivity contribution >= 4 is 28.7 Å². The summed E-state index contributed by atoms with van der Waals surface area (Å²) in [4.78, 5) is 28.6. The average Bonchev–Trinajstić information content (AvgIpc) is 3.32. The third-order valence-electron chi connectivity index (χ3n) is 4.20. The summed E-state index contributed by atoms with van der Waals surface area (Å²) in [5.74, 6) is 0.692. The van der Waals surface area contributed by atoms with Crippen molar-refractivity contribution in [1.29, 1.82) is 0 Å². The van der Waals surface area contributed by atoms with Gasteiger partial charge >= 0.3 is 5.97 Å². The van der Waals surface area contributed by atoms with E-state index in [1.165, 1.54) is 6.92 Å². The van der Waals surface area contributed by atoms with Crippen LogP contribution in [0, 0.1) is 0 Å². The molecule has 1 aliphatic heterocycles. The summed E-state index contributed by atoms with van der Waals surface area (Å²) in [7, 11) is 0. The van der Waals surface area contributed by atoms with Crippen LogP contribution in [-0.2, 0) is 20.7 Å². The third-order valence-corrected chi connectivity index (χ3v) is 4.20. The first kappa shape index (κ1) is 17.8. The van der Waals surface area contributed by atoms with Crippen LogP contribution in [-0.4, -0.2) is 29.8 Å². The lowest BCUT2D eigenvalue weighted by Gasteiger charge is -2.13. The number of carbonyl (C=O) groups is 2. The predicted octanol–water partition coefficient (Wildman–Crippen LogP) is 3.06. The highest BCUT2D eigenvalue weighted by Crippen LogP contribution is 2.34. The van der Waals surface area contributed by atoms with Crippen molar-refractivity contribution < 1.29 is 28.2 Å². The molecule has 28 heavy (non-hydrogen) atoms. The number of nitrogens with one attached hydrogen (secondary N) is 1. The maximum Gasteiger partial charge on any atom is 0.307 e. The minimum absolute atomic E-state index is 0.0640. The highest BCUT2D eigenvalue weighted by Gasteiger charge is 2.20. The highest BCUT2D eigenvalue weighted by molar-refractivity contribution is 5.95. The van der Waals surface area contributed by atoms with Gasteiger partial charge in [0.2, 0.25) is 6.79 Å². The van der Waals surface area contributed by atoms with E-state index in [1.54, 1.807) is 18.2 Å². The summed E-state index contributed by atoms with van der Waals surface area (Å²) in [5, 5.41) is 2.69. The van der Waals surface area contributed by atoms with Crippen LogP contribution in [0.4, 0.5) is 5.69 Å². The van der Waals surface area contributed by atoms with Gasteiger partial charge < -0.3 is 23.9 Å². The van der Waals surface area contributed by atoms with Crippen LogP contribution in [0.25, 0.3) is 11.1 Å². The van der Waals surface area contributed by atoms with Crippen LogP contribution in [0.15, 0.2) is 46.9 Å². The van der Waals surface area contributed by atoms with E-state index >= 15 is 0 Å². The molecule has 2 aromatic carbocycles. The molecule has 0 unspecified atom stereocenters. The normalized spacial score (nSPS) is 13.3. The quantitative estimate of drug-likeness (QED) is 0.654. The van der Waals surface area contributed by atoms with E-state index in [0.29, 0.717) is 35.1 Å². The highest BCUT2D eigenvalue weighted by atomic mass is 16.7. The number of fused-ring (bicyclic) bond motifs is 2. The van der Waals surface area contributed by atoms with Crippen LogP contribution in [0.2, 0.25) is 0 Å². The second-order valence-corrected chi connectivity index (χ2v) is 6.26. The molecule has 0 saturated heterocycles. The van der Waals surface area contributed by atoms with Gasteiger partial charge in [0.15, 0.2) is 29.1 Å². The Bertz CT molecular complexity index is 995. The molecule has 0 radical (unpaired) electrons. The first-order chi connectivity index (χ1) is 13.6. The van der Waals surface area contributed by atoms with Gasteiger partial charge in [0, 0.05) is 18.2 Å². The summed E-state index contributed by atoms with van der Waals surface area (Å²) in [6, 6.07) is 12.4. The molecular weight excluding hydrogens is 364 g/mol. The first-order valence-electron chi connectivity index (χ1n) is 8.83. The number of para-hydroxylation sites is 2. The number of ether oxygens (including phenoxy) is 3. The lowest BCUT2D eigenvalue weighted by atomic mass is 10.2. The zero-order valence-corrected chi connectivity index (χ0v) is 15.1. The van der Waals surface area contributed by atoms with Crippen molar-refractivity contribution in [3.05, 3.63) is 48.4 Å². The Balaban J connectivity index is 1.28. The first-order valence-corrected chi connectivity index (χ1v) is 8.83. The minimum Gasteiger partial charge on any atom is -0.454 e. The molecule has 0 aliphatic carbocycles. The van der Waals surface area contributed by atoms with Gasteiger partial charge in [-0.3, -0.25) is 9.59 Å². The SMILES string of the molecule is C[C@H](OC(=O)CCc1nc2ccccc2o1)C(=O)Nc1ccc2c(c1)OCO2. The standard InChI is InChI=1S/C20H18N2O6/c1-12(20(24)21-13-6-7-16-17(10-13)26-11-25-16)27-19(23)9-8-18-22-14-4-2-3-5-15(14)28-18/h2-7,10,12H,8-9,11H2,1H3,(H,21,24)/t12-/m0/s1. The Labute approximate surface area is 160 Å². The largest absolute Gasteiger partial charge is 0.454 e. The van der Waals surface area contributed by atoms with Gasteiger partial charge in [0.05, 0.1) is 6.42 Å². The molecule has 8 heteroatoms. The number of benzene rings is 2. The van der Waals surface area contributed by atoms with Crippen molar-refractivity contribution in [2.45, 2.75) is 25.9 Å². The van der Waals surface area contributed by atoms with Gasteiger partial charge in [-0.15, -0.1) is 0 Å². The summed E-state index contributed by atoms with van der Waals surface area (Å²) in [5.41, 5.74) is 1.94. The Morgan fingerprint density at radius 2 is 2.00 bits per heavy atom. The molecule has 0 saturated carbocycles. The third kappa shape index (κ3) is 3.90. The van der Waals surface area contributed by atoms with E-state index in [0.717, 1.165) is 5.52 Å². The molecule has 144 valence electrons. The van der Waals surface area contributed by atoms with E-state index < -0.39 is 18.0 Å². The van der Waals surface area contributed by atoms with Crippen LogP contribution < -0.4 is 14.8 Å². The molecule has 4 rings (SSSR count). The second-order valence-electron chi connectivity index (χ2n) is 6.26. The number of hydrogen-bond donors (Lipinski definition) is 1. The predicted molar refractivity (Wildman–Crippen MR) is 99.1 cm³/mol. The summed E-state index contributed by atoms with van der Waals surface area (Å²) in [6.45, 7) is 1.67. The number of aryl methyl sites for hydroxylation is 1. The van der Waals surface area contributed by atoms with Gasteiger partial charge in [-0.1, -0.05) is 12.1 Å². The van der Waals surface area contributed by atoms with Crippen molar-refractivity contribution in [3.63, 3.8) is 0 Å². The van der Waals surface area contributed by atoms with Crippen LogP contribution >= 0.6 is 0 Å². The van der Waals surface area contributed by atoms with Crippen LogP contribution in [0.5, 0.6) is 11.5 Å². The van der Waals surface area contributed by atoms with E-state index in [2.05, 4.69) is 10.3 Å². The Morgan fingerprint density at radius 1 is 1.18 bits per heavy atom. The fourth-order valence-corrected chi connectivity index (χ4v) is 2.76. The summed E-state index contributed by atoms with van der Waals surface area (Å²) >= 11 is 0. The number of rotatable bonds is 6.